The standard InChI is InChI=1S/C10H10BrClFN3O2/c11-6-3-5(12)4-7(13)9(6)10(18)8(17)1-2-15-16-14/h3-4,8,10,17-18H,1-2H2. The Bertz CT molecular complexity index is 459. The summed E-state index contributed by atoms with van der Waals surface area (Å²) >= 11 is 8.71. The van der Waals surface area contributed by atoms with E-state index in [9.17, 15) is 14.6 Å². The van der Waals surface area contributed by atoms with Crippen molar-refractivity contribution in [3.8, 4) is 0 Å². The molecule has 0 radical (unpaired) electrons. The third kappa shape index (κ3) is 3.83. The number of halogens is 3. The predicted molar refractivity (Wildman–Crippen MR) is 68.7 cm³/mol. The first-order valence-electron chi connectivity index (χ1n) is 4.98. The number of rotatable bonds is 5. The maximum atomic E-state index is 13.6. The van der Waals surface area contributed by atoms with Crippen LogP contribution in [0.15, 0.2) is 21.7 Å². The third-order valence-corrected chi connectivity index (χ3v) is 3.17. The number of azide groups is 1. The van der Waals surface area contributed by atoms with Gasteiger partial charge in [-0.05, 0) is 24.1 Å². The van der Waals surface area contributed by atoms with Crippen LogP contribution in [0.25, 0.3) is 10.4 Å². The van der Waals surface area contributed by atoms with Gasteiger partial charge in [0.15, 0.2) is 0 Å². The van der Waals surface area contributed by atoms with Gasteiger partial charge in [-0.1, -0.05) is 32.6 Å². The van der Waals surface area contributed by atoms with Gasteiger partial charge in [-0.15, -0.1) is 0 Å². The average molecular weight is 339 g/mol. The molecule has 2 unspecified atom stereocenters. The monoisotopic (exact) mass is 337 g/mol. The van der Waals surface area contributed by atoms with Crippen molar-refractivity contribution in [3.05, 3.63) is 43.5 Å². The van der Waals surface area contributed by atoms with Crippen LogP contribution in [0.4, 0.5) is 4.39 Å². The van der Waals surface area contributed by atoms with Gasteiger partial charge in [0, 0.05) is 26.5 Å². The minimum atomic E-state index is -1.43. The molecule has 0 amide bonds. The molecular weight excluding hydrogens is 328 g/mol. The van der Waals surface area contributed by atoms with E-state index in [2.05, 4.69) is 26.0 Å². The van der Waals surface area contributed by atoms with Crippen LogP contribution >= 0.6 is 27.5 Å². The molecule has 0 aliphatic heterocycles. The fourth-order valence-corrected chi connectivity index (χ4v) is 2.43. The van der Waals surface area contributed by atoms with Crippen molar-refractivity contribution in [2.24, 2.45) is 5.11 Å². The van der Waals surface area contributed by atoms with Crippen molar-refractivity contribution in [2.75, 3.05) is 6.54 Å². The van der Waals surface area contributed by atoms with E-state index in [4.69, 9.17) is 17.1 Å². The summed E-state index contributed by atoms with van der Waals surface area (Å²) in [6, 6.07) is 2.47. The summed E-state index contributed by atoms with van der Waals surface area (Å²) in [7, 11) is 0. The maximum Gasteiger partial charge on any atom is 0.131 e. The fourth-order valence-electron chi connectivity index (χ4n) is 1.42. The zero-order valence-corrected chi connectivity index (χ0v) is 11.4. The summed E-state index contributed by atoms with van der Waals surface area (Å²) < 4.78 is 13.9. The van der Waals surface area contributed by atoms with Crippen molar-refractivity contribution >= 4 is 27.5 Å². The number of aliphatic hydroxyl groups is 2. The van der Waals surface area contributed by atoms with Gasteiger partial charge >= 0.3 is 0 Å². The summed E-state index contributed by atoms with van der Waals surface area (Å²) in [5.41, 5.74) is 8.01. The lowest BCUT2D eigenvalue weighted by Crippen LogP contribution is -2.20. The Morgan fingerprint density at radius 2 is 2.17 bits per heavy atom. The van der Waals surface area contributed by atoms with Crippen LogP contribution in [0.3, 0.4) is 0 Å². The van der Waals surface area contributed by atoms with Crippen molar-refractivity contribution in [1.29, 1.82) is 0 Å². The molecule has 0 aliphatic carbocycles. The second-order valence-electron chi connectivity index (χ2n) is 3.54. The number of hydrogen-bond acceptors (Lipinski definition) is 3. The maximum absolute atomic E-state index is 13.6. The van der Waals surface area contributed by atoms with Crippen LogP contribution in [0.2, 0.25) is 5.02 Å². The highest BCUT2D eigenvalue weighted by Gasteiger charge is 2.24. The predicted octanol–water partition coefficient (Wildman–Crippen LogP) is 3.34. The van der Waals surface area contributed by atoms with Crippen LogP contribution in [-0.2, 0) is 0 Å². The minimum Gasteiger partial charge on any atom is -0.390 e. The van der Waals surface area contributed by atoms with Gasteiger partial charge in [0.2, 0.25) is 0 Å². The first-order valence-corrected chi connectivity index (χ1v) is 6.16. The Labute approximate surface area is 116 Å². The SMILES string of the molecule is [N-]=[N+]=NCCC(O)C(O)c1c(F)cc(Cl)cc1Br. The first-order chi connectivity index (χ1) is 8.47. The highest BCUT2D eigenvalue weighted by atomic mass is 79.9. The van der Waals surface area contributed by atoms with E-state index in [0.717, 1.165) is 6.07 Å². The average Bonchev–Trinajstić information content (AvgIpc) is 2.27. The normalized spacial score (nSPS) is 13.8. The largest absolute Gasteiger partial charge is 0.390 e. The quantitative estimate of drug-likeness (QED) is 0.490. The van der Waals surface area contributed by atoms with Crippen LogP contribution < -0.4 is 0 Å². The Balaban J connectivity index is 2.89. The van der Waals surface area contributed by atoms with Gasteiger partial charge < -0.3 is 10.2 Å². The van der Waals surface area contributed by atoms with E-state index in [1.807, 2.05) is 0 Å². The van der Waals surface area contributed by atoms with Gasteiger partial charge in [0.1, 0.15) is 11.9 Å². The number of hydrogen-bond donors (Lipinski definition) is 2. The van der Waals surface area contributed by atoms with Crippen molar-refractivity contribution in [3.63, 3.8) is 0 Å². The molecule has 0 bridgehead atoms. The van der Waals surface area contributed by atoms with Crippen LogP contribution in [-0.4, -0.2) is 22.9 Å². The van der Waals surface area contributed by atoms with Gasteiger partial charge in [-0.2, -0.15) is 0 Å². The lowest BCUT2D eigenvalue weighted by Gasteiger charge is -2.19. The van der Waals surface area contributed by atoms with Crippen molar-refractivity contribution in [2.45, 2.75) is 18.6 Å². The Morgan fingerprint density at radius 1 is 1.50 bits per heavy atom. The van der Waals surface area contributed by atoms with E-state index in [0.29, 0.717) is 0 Å². The molecule has 8 heteroatoms. The van der Waals surface area contributed by atoms with Gasteiger partial charge in [-0.25, -0.2) is 4.39 Å². The number of benzene rings is 1. The molecule has 1 aromatic rings. The lowest BCUT2D eigenvalue weighted by molar-refractivity contribution is 0.0125. The lowest BCUT2D eigenvalue weighted by atomic mass is 10.0. The highest BCUT2D eigenvalue weighted by Crippen LogP contribution is 2.32. The van der Waals surface area contributed by atoms with E-state index >= 15 is 0 Å². The summed E-state index contributed by atoms with van der Waals surface area (Å²) in [6.07, 6.45) is -2.63. The first kappa shape index (κ1) is 15.2. The molecule has 0 fully saturated rings. The molecule has 0 aromatic heterocycles. The van der Waals surface area contributed by atoms with Crippen molar-refractivity contribution in [1.82, 2.24) is 0 Å². The van der Waals surface area contributed by atoms with E-state index in [1.165, 1.54) is 6.07 Å². The third-order valence-electron chi connectivity index (χ3n) is 2.29. The molecule has 2 atom stereocenters. The molecule has 0 aliphatic rings. The van der Waals surface area contributed by atoms with E-state index < -0.39 is 18.0 Å². The molecule has 5 nitrogen and oxygen atoms in total. The summed E-state index contributed by atoms with van der Waals surface area (Å²) in [5.74, 6) is -0.718. The molecule has 18 heavy (non-hydrogen) atoms. The molecular formula is C10H10BrClFN3O2. The second kappa shape index (κ2) is 6.92. The van der Waals surface area contributed by atoms with Crippen LogP contribution in [0.1, 0.15) is 18.1 Å². The molecule has 0 saturated carbocycles. The summed E-state index contributed by atoms with van der Waals surface area (Å²) in [6.45, 7) is 0.0154. The molecule has 98 valence electrons. The molecule has 0 saturated heterocycles. The zero-order valence-electron chi connectivity index (χ0n) is 9.09. The van der Waals surface area contributed by atoms with E-state index in [-0.39, 0.29) is 28.0 Å². The zero-order chi connectivity index (χ0) is 13.7. The van der Waals surface area contributed by atoms with Gasteiger partial charge in [0.05, 0.1) is 6.10 Å². The van der Waals surface area contributed by atoms with Crippen LogP contribution in [0, 0.1) is 5.82 Å². The molecule has 0 heterocycles. The smallest absolute Gasteiger partial charge is 0.131 e. The molecule has 1 rings (SSSR count). The van der Waals surface area contributed by atoms with E-state index in [1.54, 1.807) is 0 Å². The number of nitrogens with zero attached hydrogens (tertiary/aromatic N) is 3. The minimum absolute atomic E-state index is 0.0154. The highest BCUT2D eigenvalue weighted by molar-refractivity contribution is 9.10. The fraction of sp³-hybridized carbons (Fsp3) is 0.400. The van der Waals surface area contributed by atoms with Gasteiger partial charge in [0.25, 0.3) is 0 Å². The number of aliphatic hydroxyl groups excluding tert-OH is 2. The van der Waals surface area contributed by atoms with Gasteiger partial charge in [-0.3, -0.25) is 0 Å². The second-order valence-corrected chi connectivity index (χ2v) is 4.83. The molecule has 0 spiro atoms. The topological polar surface area (TPSA) is 89.2 Å². The molecule has 1 aromatic carbocycles. The molecule has 2 N–H and O–H groups in total. The van der Waals surface area contributed by atoms with Crippen LogP contribution in [0.5, 0.6) is 0 Å². The summed E-state index contributed by atoms with van der Waals surface area (Å²) in [4.78, 5) is 2.52. The Hall–Kier alpha value is -0.850. The Kier molecular flexibility index (Phi) is 5.84. The Morgan fingerprint density at radius 3 is 2.72 bits per heavy atom. The summed E-state index contributed by atoms with van der Waals surface area (Å²) in [5, 5.41) is 22.9. The van der Waals surface area contributed by atoms with Crippen molar-refractivity contribution < 1.29 is 14.6 Å².